The topological polar surface area (TPSA) is 43.1 Å². The number of aromatic nitrogens is 4. The van der Waals surface area contributed by atoms with Crippen LogP contribution < -0.4 is 0 Å². The zero-order chi connectivity index (χ0) is 13.6. The summed E-state index contributed by atoms with van der Waals surface area (Å²) in [5.41, 5.74) is 5.53. The van der Waals surface area contributed by atoms with Gasteiger partial charge >= 0.3 is 0 Å². The highest BCUT2D eigenvalue weighted by molar-refractivity contribution is 6.30. The van der Waals surface area contributed by atoms with Gasteiger partial charge in [0.2, 0.25) is 0 Å². The molecule has 0 N–H and O–H groups in total. The van der Waals surface area contributed by atoms with Gasteiger partial charge in [0.25, 0.3) is 0 Å². The molecule has 19 heavy (non-hydrogen) atoms. The normalized spacial score (nSPS) is 11.2. The second-order valence-electron chi connectivity index (χ2n) is 4.55. The van der Waals surface area contributed by atoms with E-state index in [0.29, 0.717) is 5.15 Å². The Morgan fingerprint density at radius 1 is 1.16 bits per heavy atom. The molecular weight excluding hydrogens is 260 g/mol. The lowest BCUT2D eigenvalue weighted by Gasteiger charge is -2.05. The van der Waals surface area contributed by atoms with Crippen molar-refractivity contribution in [3.05, 3.63) is 46.6 Å². The van der Waals surface area contributed by atoms with Crippen LogP contribution in [0.15, 0.2) is 24.5 Å². The average molecular weight is 273 g/mol. The van der Waals surface area contributed by atoms with Crippen molar-refractivity contribution in [2.45, 2.75) is 20.8 Å². The lowest BCUT2D eigenvalue weighted by atomic mass is 10.1. The quantitative estimate of drug-likeness (QED) is 0.638. The van der Waals surface area contributed by atoms with Crippen molar-refractivity contribution in [1.29, 1.82) is 0 Å². The number of aryl methyl sites for hydroxylation is 2. The number of halogens is 1. The number of hydrogen-bond donors (Lipinski definition) is 0. The Morgan fingerprint density at radius 2 is 1.95 bits per heavy atom. The monoisotopic (exact) mass is 272 g/mol. The Hall–Kier alpha value is -1.94. The van der Waals surface area contributed by atoms with Gasteiger partial charge in [-0.2, -0.15) is 5.10 Å². The van der Waals surface area contributed by atoms with Gasteiger partial charge in [0, 0.05) is 29.2 Å². The van der Waals surface area contributed by atoms with Crippen LogP contribution in [0.4, 0.5) is 0 Å². The van der Waals surface area contributed by atoms with Crippen molar-refractivity contribution in [3.8, 4) is 11.1 Å². The van der Waals surface area contributed by atoms with Crippen LogP contribution in [0.5, 0.6) is 0 Å². The molecule has 3 heterocycles. The highest BCUT2D eigenvalue weighted by Crippen LogP contribution is 2.29. The van der Waals surface area contributed by atoms with Crippen molar-refractivity contribution in [2.24, 2.45) is 0 Å². The molecule has 0 spiro atoms. The molecular formula is C14H13ClN4. The van der Waals surface area contributed by atoms with Gasteiger partial charge in [-0.1, -0.05) is 17.7 Å². The van der Waals surface area contributed by atoms with Crippen LogP contribution in [0.1, 0.15) is 17.0 Å². The molecule has 0 atom stereocenters. The Balaban J connectivity index is 2.41. The number of nitrogens with zero attached hydrogens (tertiary/aromatic N) is 4. The van der Waals surface area contributed by atoms with E-state index in [4.69, 9.17) is 11.6 Å². The standard InChI is InChI=1S/C14H13ClN4/c1-8-9(2)17-14-12(11-5-4-6-16-7-11)10(3)18-19(14)13(8)15/h4-7H,1-3H3. The highest BCUT2D eigenvalue weighted by Gasteiger charge is 2.17. The molecule has 5 heteroatoms. The summed E-state index contributed by atoms with van der Waals surface area (Å²) in [5.74, 6) is 0. The number of rotatable bonds is 1. The van der Waals surface area contributed by atoms with Crippen molar-refractivity contribution < 1.29 is 0 Å². The lowest BCUT2D eigenvalue weighted by Crippen LogP contribution is -1.99. The largest absolute Gasteiger partial charge is 0.264 e. The third-order valence-corrected chi connectivity index (χ3v) is 3.74. The first-order valence-electron chi connectivity index (χ1n) is 6.02. The minimum absolute atomic E-state index is 0.612. The van der Waals surface area contributed by atoms with Gasteiger partial charge in [-0.25, -0.2) is 9.50 Å². The average Bonchev–Trinajstić information content (AvgIpc) is 2.74. The second-order valence-corrected chi connectivity index (χ2v) is 4.91. The van der Waals surface area contributed by atoms with Crippen LogP contribution >= 0.6 is 11.6 Å². The molecule has 0 bridgehead atoms. The van der Waals surface area contributed by atoms with E-state index in [1.807, 2.05) is 39.1 Å². The Morgan fingerprint density at radius 3 is 2.63 bits per heavy atom. The fourth-order valence-electron chi connectivity index (χ4n) is 2.15. The van der Waals surface area contributed by atoms with Gasteiger partial charge in [-0.3, -0.25) is 4.98 Å². The summed E-state index contributed by atoms with van der Waals surface area (Å²) in [6.07, 6.45) is 3.56. The summed E-state index contributed by atoms with van der Waals surface area (Å²) in [5, 5.41) is 5.10. The van der Waals surface area contributed by atoms with Gasteiger partial charge < -0.3 is 0 Å². The molecule has 0 fully saturated rings. The molecule has 3 rings (SSSR count). The molecule has 0 aliphatic heterocycles. The van der Waals surface area contributed by atoms with Gasteiger partial charge in [0.1, 0.15) is 5.15 Å². The van der Waals surface area contributed by atoms with E-state index in [9.17, 15) is 0 Å². The van der Waals surface area contributed by atoms with E-state index in [1.54, 1.807) is 10.7 Å². The molecule has 4 nitrogen and oxygen atoms in total. The van der Waals surface area contributed by atoms with Crippen LogP contribution in [0, 0.1) is 20.8 Å². The SMILES string of the molecule is Cc1nc2c(-c3cccnc3)c(C)nn2c(Cl)c1C. The minimum atomic E-state index is 0.612. The van der Waals surface area contributed by atoms with Crippen LogP contribution in [-0.2, 0) is 0 Å². The molecule has 0 saturated heterocycles. The maximum Gasteiger partial charge on any atom is 0.165 e. The molecule has 0 aliphatic carbocycles. The first kappa shape index (κ1) is 12.1. The first-order chi connectivity index (χ1) is 9.09. The van der Waals surface area contributed by atoms with Crippen LogP contribution in [0.25, 0.3) is 16.8 Å². The van der Waals surface area contributed by atoms with Crippen molar-refractivity contribution in [3.63, 3.8) is 0 Å². The maximum atomic E-state index is 6.35. The molecule has 0 unspecified atom stereocenters. The van der Waals surface area contributed by atoms with Gasteiger partial charge in [0.15, 0.2) is 5.65 Å². The van der Waals surface area contributed by atoms with E-state index < -0.39 is 0 Å². The van der Waals surface area contributed by atoms with Gasteiger partial charge in [0.05, 0.1) is 11.3 Å². The summed E-state index contributed by atoms with van der Waals surface area (Å²) in [6.45, 7) is 5.86. The molecule has 0 amide bonds. The summed E-state index contributed by atoms with van der Waals surface area (Å²) >= 11 is 6.35. The Labute approximate surface area is 116 Å². The molecule has 3 aromatic heterocycles. The molecule has 0 radical (unpaired) electrons. The van der Waals surface area contributed by atoms with Crippen molar-refractivity contribution in [1.82, 2.24) is 19.6 Å². The number of fused-ring (bicyclic) bond motifs is 1. The molecule has 96 valence electrons. The van der Waals surface area contributed by atoms with Crippen LogP contribution in [0.3, 0.4) is 0 Å². The van der Waals surface area contributed by atoms with E-state index in [-0.39, 0.29) is 0 Å². The summed E-state index contributed by atoms with van der Waals surface area (Å²) in [6, 6.07) is 3.91. The van der Waals surface area contributed by atoms with E-state index >= 15 is 0 Å². The van der Waals surface area contributed by atoms with Gasteiger partial charge in [-0.05, 0) is 26.8 Å². The lowest BCUT2D eigenvalue weighted by molar-refractivity contribution is 0.898. The minimum Gasteiger partial charge on any atom is -0.264 e. The van der Waals surface area contributed by atoms with Gasteiger partial charge in [-0.15, -0.1) is 0 Å². The van der Waals surface area contributed by atoms with E-state index in [2.05, 4.69) is 15.1 Å². The predicted octanol–water partition coefficient (Wildman–Crippen LogP) is 3.37. The van der Waals surface area contributed by atoms with Crippen molar-refractivity contribution in [2.75, 3.05) is 0 Å². The molecule has 0 saturated carbocycles. The third kappa shape index (κ3) is 1.79. The van der Waals surface area contributed by atoms with Crippen LogP contribution in [0.2, 0.25) is 5.15 Å². The first-order valence-corrected chi connectivity index (χ1v) is 6.40. The Bertz CT molecular complexity index is 762. The Kier molecular flexibility index (Phi) is 2.75. The highest BCUT2D eigenvalue weighted by atomic mass is 35.5. The van der Waals surface area contributed by atoms with E-state index in [0.717, 1.165) is 33.7 Å². The molecule has 0 aliphatic rings. The second kappa shape index (κ2) is 4.31. The third-order valence-electron chi connectivity index (χ3n) is 3.30. The zero-order valence-electron chi connectivity index (χ0n) is 11.0. The summed E-state index contributed by atoms with van der Waals surface area (Å²) in [4.78, 5) is 8.77. The fraction of sp³-hybridized carbons (Fsp3) is 0.214. The summed E-state index contributed by atoms with van der Waals surface area (Å²) in [7, 11) is 0. The predicted molar refractivity (Wildman–Crippen MR) is 75.4 cm³/mol. The number of hydrogen-bond acceptors (Lipinski definition) is 3. The van der Waals surface area contributed by atoms with E-state index in [1.165, 1.54) is 0 Å². The number of pyridine rings is 1. The molecule has 0 aromatic carbocycles. The summed E-state index contributed by atoms with van der Waals surface area (Å²) < 4.78 is 1.70. The zero-order valence-corrected chi connectivity index (χ0v) is 11.7. The smallest absolute Gasteiger partial charge is 0.165 e. The maximum absolute atomic E-state index is 6.35. The van der Waals surface area contributed by atoms with Crippen molar-refractivity contribution >= 4 is 17.2 Å². The molecule has 3 aromatic rings. The van der Waals surface area contributed by atoms with Crippen LogP contribution in [-0.4, -0.2) is 19.6 Å². The fourth-order valence-corrected chi connectivity index (χ4v) is 2.41.